The summed E-state index contributed by atoms with van der Waals surface area (Å²) >= 11 is 1.74. The molecular weight excluding hydrogens is 216 g/mol. The SMILES string of the molecule is Cc1nc(C(C)(C)C)c(-c2cccnc2)s1. The van der Waals surface area contributed by atoms with E-state index >= 15 is 0 Å². The van der Waals surface area contributed by atoms with E-state index in [1.807, 2.05) is 12.3 Å². The summed E-state index contributed by atoms with van der Waals surface area (Å²) in [5.74, 6) is 0. The molecule has 0 N–H and O–H groups in total. The van der Waals surface area contributed by atoms with Gasteiger partial charge in [0.05, 0.1) is 15.6 Å². The van der Waals surface area contributed by atoms with Crippen molar-refractivity contribution >= 4 is 11.3 Å². The molecule has 3 heteroatoms. The zero-order valence-corrected chi connectivity index (χ0v) is 10.9. The normalized spacial score (nSPS) is 11.8. The Balaban J connectivity index is 2.58. The van der Waals surface area contributed by atoms with Crippen LogP contribution in [-0.2, 0) is 5.41 Å². The second-order valence-corrected chi connectivity index (χ2v) is 6.11. The summed E-state index contributed by atoms with van der Waals surface area (Å²) in [4.78, 5) is 10.1. The minimum absolute atomic E-state index is 0.0793. The molecule has 0 saturated carbocycles. The highest BCUT2D eigenvalue weighted by molar-refractivity contribution is 7.15. The van der Waals surface area contributed by atoms with E-state index in [1.54, 1.807) is 17.5 Å². The monoisotopic (exact) mass is 232 g/mol. The van der Waals surface area contributed by atoms with Crippen LogP contribution in [0.4, 0.5) is 0 Å². The van der Waals surface area contributed by atoms with Crippen molar-refractivity contribution in [2.75, 3.05) is 0 Å². The molecule has 2 heterocycles. The average Bonchev–Trinajstić information content (AvgIpc) is 2.61. The number of nitrogens with zero attached hydrogens (tertiary/aromatic N) is 2. The Morgan fingerprint density at radius 1 is 1.25 bits per heavy atom. The number of aryl methyl sites for hydroxylation is 1. The quantitative estimate of drug-likeness (QED) is 0.747. The van der Waals surface area contributed by atoms with Crippen LogP contribution in [0.5, 0.6) is 0 Å². The molecule has 2 rings (SSSR count). The fourth-order valence-electron chi connectivity index (χ4n) is 1.63. The van der Waals surface area contributed by atoms with Gasteiger partial charge in [-0.05, 0) is 13.0 Å². The van der Waals surface area contributed by atoms with Gasteiger partial charge in [-0.1, -0.05) is 26.8 Å². The summed E-state index contributed by atoms with van der Waals surface area (Å²) in [6.45, 7) is 8.64. The van der Waals surface area contributed by atoms with Crippen LogP contribution in [0.2, 0.25) is 0 Å². The van der Waals surface area contributed by atoms with E-state index in [9.17, 15) is 0 Å². The lowest BCUT2D eigenvalue weighted by Gasteiger charge is -2.17. The first-order valence-corrected chi connectivity index (χ1v) is 6.18. The Hall–Kier alpha value is -1.22. The standard InChI is InChI=1S/C13H16N2S/c1-9-15-12(13(2,3)4)11(16-9)10-6-5-7-14-8-10/h5-8H,1-4H3. The van der Waals surface area contributed by atoms with Crippen LogP contribution in [0.3, 0.4) is 0 Å². The van der Waals surface area contributed by atoms with Gasteiger partial charge in [0.1, 0.15) is 0 Å². The van der Waals surface area contributed by atoms with Crippen molar-refractivity contribution in [3.05, 3.63) is 35.2 Å². The fraction of sp³-hybridized carbons (Fsp3) is 0.385. The van der Waals surface area contributed by atoms with Crippen LogP contribution in [0.1, 0.15) is 31.5 Å². The molecule has 0 radical (unpaired) electrons. The molecule has 0 aromatic carbocycles. The van der Waals surface area contributed by atoms with E-state index in [4.69, 9.17) is 0 Å². The van der Waals surface area contributed by atoms with Crippen molar-refractivity contribution in [1.82, 2.24) is 9.97 Å². The maximum Gasteiger partial charge on any atom is 0.0904 e. The highest BCUT2D eigenvalue weighted by Crippen LogP contribution is 2.36. The maximum atomic E-state index is 4.65. The van der Waals surface area contributed by atoms with Gasteiger partial charge in [-0.3, -0.25) is 4.98 Å². The topological polar surface area (TPSA) is 25.8 Å². The molecule has 84 valence electrons. The van der Waals surface area contributed by atoms with E-state index in [1.165, 1.54) is 10.6 Å². The second kappa shape index (κ2) is 3.98. The lowest BCUT2D eigenvalue weighted by Crippen LogP contribution is -2.12. The third-order valence-corrected chi connectivity index (χ3v) is 3.39. The Morgan fingerprint density at radius 2 is 2.00 bits per heavy atom. The molecule has 0 aliphatic heterocycles. The number of hydrogen-bond donors (Lipinski definition) is 0. The van der Waals surface area contributed by atoms with Gasteiger partial charge in [0.25, 0.3) is 0 Å². The highest BCUT2D eigenvalue weighted by Gasteiger charge is 2.23. The lowest BCUT2D eigenvalue weighted by molar-refractivity contribution is 0.573. The number of rotatable bonds is 1. The van der Waals surface area contributed by atoms with Crippen LogP contribution in [0.15, 0.2) is 24.5 Å². The molecule has 16 heavy (non-hydrogen) atoms. The van der Waals surface area contributed by atoms with Gasteiger partial charge >= 0.3 is 0 Å². The van der Waals surface area contributed by atoms with Crippen molar-refractivity contribution in [2.24, 2.45) is 0 Å². The van der Waals surface area contributed by atoms with Crippen molar-refractivity contribution in [3.8, 4) is 10.4 Å². The fourth-order valence-corrected chi connectivity index (χ4v) is 2.75. The lowest BCUT2D eigenvalue weighted by atomic mass is 9.90. The predicted octanol–water partition coefficient (Wildman–Crippen LogP) is 3.81. The summed E-state index contributed by atoms with van der Waals surface area (Å²) in [7, 11) is 0. The molecule has 0 atom stereocenters. The zero-order chi connectivity index (χ0) is 11.8. The molecule has 0 amide bonds. The van der Waals surface area contributed by atoms with E-state index in [0.29, 0.717) is 0 Å². The van der Waals surface area contributed by atoms with E-state index in [0.717, 1.165) is 10.6 Å². The van der Waals surface area contributed by atoms with Crippen LogP contribution in [-0.4, -0.2) is 9.97 Å². The minimum Gasteiger partial charge on any atom is -0.264 e. The average molecular weight is 232 g/mol. The van der Waals surface area contributed by atoms with E-state index in [2.05, 4.69) is 43.7 Å². The maximum absolute atomic E-state index is 4.65. The van der Waals surface area contributed by atoms with Gasteiger partial charge in [0.2, 0.25) is 0 Å². The largest absolute Gasteiger partial charge is 0.264 e. The first-order valence-electron chi connectivity index (χ1n) is 5.37. The van der Waals surface area contributed by atoms with Crippen LogP contribution >= 0.6 is 11.3 Å². The summed E-state index contributed by atoms with van der Waals surface area (Å²) < 4.78 is 0. The summed E-state index contributed by atoms with van der Waals surface area (Å²) in [6, 6.07) is 4.06. The smallest absolute Gasteiger partial charge is 0.0904 e. The first kappa shape index (κ1) is 11.3. The van der Waals surface area contributed by atoms with Crippen molar-refractivity contribution in [1.29, 1.82) is 0 Å². The first-order chi connectivity index (χ1) is 7.48. The third-order valence-electron chi connectivity index (χ3n) is 2.37. The summed E-state index contributed by atoms with van der Waals surface area (Å²) in [6.07, 6.45) is 3.70. The highest BCUT2D eigenvalue weighted by atomic mass is 32.1. The molecular formula is C13H16N2S. The Labute approximate surface area is 100 Å². The molecule has 0 fully saturated rings. The molecule has 2 aromatic rings. The van der Waals surface area contributed by atoms with E-state index in [-0.39, 0.29) is 5.41 Å². The van der Waals surface area contributed by atoms with Gasteiger partial charge in [0, 0.05) is 23.4 Å². The molecule has 0 unspecified atom stereocenters. The van der Waals surface area contributed by atoms with Crippen molar-refractivity contribution in [2.45, 2.75) is 33.1 Å². The molecule has 2 nitrogen and oxygen atoms in total. The van der Waals surface area contributed by atoms with Crippen LogP contribution in [0.25, 0.3) is 10.4 Å². The van der Waals surface area contributed by atoms with E-state index < -0.39 is 0 Å². The number of pyridine rings is 1. The van der Waals surface area contributed by atoms with Gasteiger partial charge in [-0.25, -0.2) is 4.98 Å². The van der Waals surface area contributed by atoms with Crippen LogP contribution in [0, 0.1) is 6.92 Å². The molecule has 0 aliphatic rings. The van der Waals surface area contributed by atoms with Gasteiger partial charge in [0.15, 0.2) is 0 Å². The molecule has 0 spiro atoms. The Kier molecular flexibility index (Phi) is 2.80. The van der Waals surface area contributed by atoms with Crippen molar-refractivity contribution < 1.29 is 0 Å². The predicted molar refractivity (Wildman–Crippen MR) is 68.8 cm³/mol. The minimum atomic E-state index is 0.0793. The zero-order valence-electron chi connectivity index (χ0n) is 10.1. The van der Waals surface area contributed by atoms with Gasteiger partial charge in [-0.15, -0.1) is 11.3 Å². The summed E-state index contributed by atoms with van der Waals surface area (Å²) in [5.41, 5.74) is 2.41. The van der Waals surface area contributed by atoms with Gasteiger partial charge in [-0.2, -0.15) is 0 Å². The van der Waals surface area contributed by atoms with Crippen molar-refractivity contribution in [3.63, 3.8) is 0 Å². The molecule has 2 aromatic heterocycles. The molecule has 0 bridgehead atoms. The third kappa shape index (κ3) is 2.14. The van der Waals surface area contributed by atoms with Gasteiger partial charge < -0.3 is 0 Å². The number of thiazole rings is 1. The number of hydrogen-bond acceptors (Lipinski definition) is 3. The summed E-state index contributed by atoms with van der Waals surface area (Å²) in [5, 5.41) is 1.11. The number of aromatic nitrogens is 2. The molecule has 0 saturated heterocycles. The Bertz CT molecular complexity index is 480. The van der Waals surface area contributed by atoms with Crippen LogP contribution < -0.4 is 0 Å². The second-order valence-electron chi connectivity index (χ2n) is 4.90. The molecule has 0 aliphatic carbocycles. The Morgan fingerprint density at radius 3 is 2.56 bits per heavy atom.